The van der Waals surface area contributed by atoms with Crippen LogP contribution in [0, 0.1) is 6.92 Å². The van der Waals surface area contributed by atoms with Gasteiger partial charge in [-0.3, -0.25) is 4.79 Å². The number of furan rings is 1. The van der Waals surface area contributed by atoms with Gasteiger partial charge in [-0.05, 0) is 26.8 Å². The highest BCUT2D eigenvalue weighted by Gasteiger charge is 2.14. The molecule has 0 saturated heterocycles. The molecule has 6 heteroatoms. The number of aryl methyl sites for hydroxylation is 1. The van der Waals surface area contributed by atoms with Gasteiger partial charge in [-0.25, -0.2) is 4.79 Å². The predicted molar refractivity (Wildman–Crippen MR) is 74.4 cm³/mol. The van der Waals surface area contributed by atoms with E-state index in [2.05, 4.69) is 15.4 Å². The first kappa shape index (κ1) is 16.2. The average molecular weight is 282 g/mol. The summed E-state index contributed by atoms with van der Waals surface area (Å²) in [6, 6.07) is 1.81. The molecule has 0 radical (unpaired) electrons. The number of nitrogens with one attached hydrogen (secondary N) is 2. The molecular weight excluding hydrogens is 260 g/mol. The van der Waals surface area contributed by atoms with Gasteiger partial charge in [0, 0.05) is 19.0 Å². The molecule has 20 heavy (non-hydrogen) atoms. The lowest BCUT2D eigenvalue weighted by Crippen LogP contribution is -2.32. The van der Waals surface area contributed by atoms with Gasteiger partial charge < -0.3 is 19.8 Å². The standard InChI is InChI=1S/C14H22N2O4/c1-9(2)16-13(17)5-6-15-8-11-7-12(10(3)20-11)14(18)19-4/h7,9,15H,5-6,8H2,1-4H3,(H,16,17). The fourth-order valence-electron chi connectivity index (χ4n) is 1.75. The zero-order valence-corrected chi connectivity index (χ0v) is 12.4. The molecule has 112 valence electrons. The zero-order chi connectivity index (χ0) is 15.1. The second-order valence-electron chi connectivity index (χ2n) is 4.82. The Morgan fingerprint density at radius 3 is 2.70 bits per heavy atom. The minimum atomic E-state index is -0.409. The number of amides is 1. The number of hydrogen-bond acceptors (Lipinski definition) is 5. The van der Waals surface area contributed by atoms with Crippen molar-refractivity contribution < 1.29 is 18.7 Å². The maximum atomic E-state index is 11.4. The summed E-state index contributed by atoms with van der Waals surface area (Å²) in [6.45, 7) is 6.57. The Bertz CT molecular complexity index is 466. The van der Waals surface area contributed by atoms with E-state index in [1.807, 2.05) is 13.8 Å². The quantitative estimate of drug-likeness (QED) is 0.583. The van der Waals surface area contributed by atoms with Crippen LogP contribution in [0.2, 0.25) is 0 Å². The van der Waals surface area contributed by atoms with Crippen LogP contribution >= 0.6 is 0 Å². The van der Waals surface area contributed by atoms with Crippen LogP contribution in [0.15, 0.2) is 10.5 Å². The Morgan fingerprint density at radius 1 is 1.40 bits per heavy atom. The summed E-state index contributed by atoms with van der Waals surface area (Å²) in [5.74, 6) is 0.783. The SMILES string of the molecule is COC(=O)c1cc(CNCCC(=O)NC(C)C)oc1C. The van der Waals surface area contributed by atoms with Gasteiger partial charge in [-0.1, -0.05) is 0 Å². The summed E-state index contributed by atoms with van der Waals surface area (Å²) < 4.78 is 10.1. The van der Waals surface area contributed by atoms with E-state index in [1.54, 1.807) is 13.0 Å². The highest BCUT2D eigenvalue weighted by atomic mass is 16.5. The second kappa shape index (κ2) is 7.69. The molecule has 0 fully saturated rings. The Morgan fingerprint density at radius 2 is 2.10 bits per heavy atom. The number of ether oxygens (including phenoxy) is 1. The number of carbonyl (C=O) groups is 2. The largest absolute Gasteiger partial charge is 0.465 e. The zero-order valence-electron chi connectivity index (χ0n) is 12.4. The molecule has 0 spiro atoms. The normalized spacial score (nSPS) is 10.7. The van der Waals surface area contributed by atoms with Crippen molar-refractivity contribution in [2.75, 3.05) is 13.7 Å². The molecule has 0 saturated carbocycles. The molecule has 1 heterocycles. The van der Waals surface area contributed by atoms with E-state index in [-0.39, 0.29) is 11.9 Å². The third-order valence-corrected chi connectivity index (χ3v) is 2.65. The number of methoxy groups -OCH3 is 1. The van der Waals surface area contributed by atoms with E-state index in [4.69, 9.17) is 4.42 Å². The Hall–Kier alpha value is -1.82. The van der Waals surface area contributed by atoms with Gasteiger partial charge in [-0.2, -0.15) is 0 Å². The molecule has 1 rings (SSSR count). The molecule has 0 aliphatic heterocycles. The number of esters is 1. The molecule has 1 amide bonds. The van der Waals surface area contributed by atoms with Crippen LogP contribution in [-0.4, -0.2) is 31.6 Å². The summed E-state index contributed by atoms with van der Waals surface area (Å²) in [5, 5.41) is 5.91. The van der Waals surface area contributed by atoms with Gasteiger partial charge in [0.15, 0.2) is 0 Å². The first-order valence-corrected chi connectivity index (χ1v) is 6.61. The predicted octanol–water partition coefficient (Wildman–Crippen LogP) is 1.38. The van der Waals surface area contributed by atoms with Crippen molar-refractivity contribution >= 4 is 11.9 Å². The maximum Gasteiger partial charge on any atom is 0.341 e. The fourth-order valence-corrected chi connectivity index (χ4v) is 1.75. The molecule has 0 aliphatic carbocycles. The van der Waals surface area contributed by atoms with Crippen molar-refractivity contribution in [1.29, 1.82) is 0 Å². The minimum absolute atomic E-state index is 0.0124. The van der Waals surface area contributed by atoms with Gasteiger partial charge in [0.25, 0.3) is 0 Å². The highest BCUT2D eigenvalue weighted by Crippen LogP contribution is 2.15. The second-order valence-corrected chi connectivity index (χ2v) is 4.82. The van der Waals surface area contributed by atoms with Crippen LogP contribution in [0.5, 0.6) is 0 Å². The fraction of sp³-hybridized carbons (Fsp3) is 0.571. The summed E-state index contributed by atoms with van der Waals surface area (Å²) >= 11 is 0. The van der Waals surface area contributed by atoms with Crippen LogP contribution in [0.4, 0.5) is 0 Å². The van der Waals surface area contributed by atoms with Crippen molar-refractivity contribution in [3.05, 3.63) is 23.2 Å². The van der Waals surface area contributed by atoms with E-state index < -0.39 is 5.97 Å². The van der Waals surface area contributed by atoms with Gasteiger partial charge in [0.05, 0.1) is 13.7 Å². The first-order chi connectivity index (χ1) is 9.43. The van der Waals surface area contributed by atoms with E-state index in [0.29, 0.717) is 36.6 Å². The summed E-state index contributed by atoms with van der Waals surface area (Å²) in [7, 11) is 1.33. The van der Waals surface area contributed by atoms with Crippen molar-refractivity contribution in [1.82, 2.24) is 10.6 Å². The molecule has 1 aromatic rings. The first-order valence-electron chi connectivity index (χ1n) is 6.61. The molecule has 0 aliphatic rings. The van der Waals surface area contributed by atoms with Crippen molar-refractivity contribution in [2.24, 2.45) is 0 Å². The lowest BCUT2D eigenvalue weighted by Gasteiger charge is -2.08. The summed E-state index contributed by atoms with van der Waals surface area (Å²) in [4.78, 5) is 22.8. The smallest absolute Gasteiger partial charge is 0.341 e. The van der Waals surface area contributed by atoms with Crippen LogP contribution in [0.1, 0.15) is 42.1 Å². The summed E-state index contributed by atoms with van der Waals surface area (Å²) in [6.07, 6.45) is 0.404. The van der Waals surface area contributed by atoms with Gasteiger partial charge in [0.2, 0.25) is 5.91 Å². The average Bonchev–Trinajstić information content (AvgIpc) is 2.74. The monoisotopic (exact) mass is 282 g/mol. The summed E-state index contributed by atoms with van der Waals surface area (Å²) in [5.41, 5.74) is 0.432. The van der Waals surface area contributed by atoms with Crippen LogP contribution in [0.25, 0.3) is 0 Å². The van der Waals surface area contributed by atoms with E-state index in [0.717, 1.165) is 0 Å². The molecule has 0 aromatic carbocycles. The molecule has 2 N–H and O–H groups in total. The molecule has 6 nitrogen and oxygen atoms in total. The third-order valence-electron chi connectivity index (χ3n) is 2.65. The highest BCUT2D eigenvalue weighted by molar-refractivity contribution is 5.90. The van der Waals surface area contributed by atoms with Crippen molar-refractivity contribution in [2.45, 2.75) is 39.8 Å². The van der Waals surface area contributed by atoms with Crippen LogP contribution in [-0.2, 0) is 16.1 Å². The molecule has 0 unspecified atom stereocenters. The Labute approximate surface area is 118 Å². The number of rotatable bonds is 7. The topological polar surface area (TPSA) is 80.6 Å². The van der Waals surface area contributed by atoms with E-state index in [9.17, 15) is 9.59 Å². The van der Waals surface area contributed by atoms with Crippen molar-refractivity contribution in [3.8, 4) is 0 Å². The van der Waals surface area contributed by atoms with Gasteiger partial charge >= 0.3 is 5.97 Å². The molecule has 0 atom stereocenters. The van der Waals surface area contributed by atoms with Gasteiger partial charge in [0.1, 0.15) is 17.1 Å². The maximum absolute atomic E-state index is 11.4. The number of carbonyl (C=O) groups excluding carboxylic acids is 2. The van der Waals surface area contributed by atoms with Crippen LogP contribution in [0.3, 0.4) is 0 Å². The molecule has 0 bridgehead atoms. The molecular formula is C14H22N2O4. The van der Waals surface area contributed by atoms with E-state index >= 15 is 0 Å². The third kappa shape index (κ3) is 5.05. The van der Waals surface area contributed by atoms with Gasteiger partial charge in [-0.15, -0.1) is 0 Å². The lowest BCUT2D eigenvalue weighted by molar-refractivity contribution is -0.121. The minimum Gasteiger partial charge on any atom is -0.465 e. The Kier molecular flexibility index (Phi) is 6.24. The lowest BCUT2D eigenvalue weighted by atomic mass is 10.2. The number of hydrogen-bond donors (Lipinski definition) is 2. The Balaban J connectivity index is 2.36. The molecule has 1 aromatic heterocycles. The van der Waals surface area contributed by atoms with Crippen molar-refractivity contribution in [3.63, 3.8) is 0 Å². The van der Waals surface area contributed by atoms with E-state index in [1.165, 1.54) is 7.11 Å². The van der Waals surface area contributed by atoms with Crippen LogP contribution < -0.4 is 10.6 Å².